The molecule has 0 amide bonds. The second kappa shape index (κ2) is 6.24. The number of hydrogen-bond acceptors (Lipinski definition) is 1. The van der Waals surface area contributed by atoms with E-state index in [9.17, 15) is 4.79 Å². The van der Waals surface area contributed by atoms with Gasteiger partial charge in [0.2, 0.25) is 0 Å². The molecular weight excluding hydrogens is 292 g/mol. The Bertz CT molecular complexity index is 830. The van der Waals surface area contributed by atoms with Gasteiger partial charge in [-0.05, 0) is 46.4 Å². The molecule has 0 N–H and O–H groups in total. The lowest BCUT2D eigenvalue weighted by molar-refractivity contribution is -0.125. The van der Waals surface area contributed by atoms with Crippen LogP contribution in [0.4, 0.5) is 0 Å². The minimum atomic E-state index is -0.311. The molecule has 2 aromatic carbocycles. The van der Waals surface area contributed by atoms with Gasteiger partial charge in [-0.3, -0.25) is 4.79 Å². The summed E-state index contributed by atoms with van der Waals surface area (Å²) in [5, 5.41) is 0. The normalized spacial score (nSPS) is 15.8. The highest BCUT2D eigenvalue weighted by molar-refractivity contribution is 6.08. The number of carbonyl (C=O) groups is 1. The second-order valence-electron chi connectivity index (χ2n) is 7.47. The first-order valence-electron chi connectivity index (χ1n) is 8.48. The minimum Gasteiger partial charge on any atom is -0.299 e. The number of ketones is 1. The zero-order valence-electron chi connectivity index (χ0n) is 14.9. The van der Waals surface area contributed by atoms with Gasteiger partial charge in [0, 0.05) is 11.8 Å². The maximum atomic E-state index is 12.6. The molecule has 0 heterocycles. The number of rotatable bonds is 3. The van der Waals surface area contributed by atoms with Crippen molar-refractivity contribution in [1.82, 2.24) is 0 Å². The van der Waals surface area contributed by atoms with E-state index in [4.69, 9.17) is 0 Å². The van der Waals surface area contributed by atoms with Crippen molar-refractivity contribution in [1.29, 1.82) is 0 Å². The average Bonchev–Trinajstić information content (AvgIpc) is 2.81. The highest BCUT2D eigenvalue weighted by atomic mass is 16.1. The smallest absolute Gasteiger partial charge is 0.142 e. The maximum Gasteiger partial charge on any atom is 0.142 e. The maximum absolute atomic E-state index is 12.6. The lowest BCUT2D eigenvalue weighted by atomic mass is 9.85. The van der Waals surface area contributed by atoms with Crippen LogP contribution < -0.4 is 0 Å². The summed E-state index contributed by atoms with van der Waals surface area (Å²) in [7, 11) is 0. The van der Waals surface area contributed by atoms with E-state index < -0.39 is 0 Å². The molecule has 1 aliphatic carbocycles. The van der Waals surface area contributed by atoms with Crippen LogP contribution in [0.15, 0.2) is 60.2 Å². The predicted molar refractivity (Wildman–Crippen MR) is 102 cm³/mol. The average molecular weight is 316 g/mol. The fourth-order valence-electron chi connectivity index (χ4n) is 3.10. The van der Waals surface area contributed by atoms with E-state index in [-0.39, 0.29) is 11.2 Å². The topological polar surface area (TPSA) is 17.1 Å². The summed E-state index contributed by atoms with van der Waals surface area (Å²) in [5.41, 5.74) is 6.93. The van der Waals surface area contributed by atoms with Gasteiger partial charge in [0.05, 0.1) is 0 Å². The third kappa shape index (κ3) is 3.12. The zero-order valence-corrected chi connectivity index (χ0v) is 14.9. The molecule has 0 fully saturated rings. The Morgan fingerprint density at radius 2 is 1.50 bits per heavy atom. The SMILES string of the molecule is CC1=C(CC(=O)C(C)(C)C)c2ccccc2C1=Cc1ccccc1. The van der Waals surface area contributed by atoms with Gasteiger partial charge in [-0.15, -0.1) is 0 Å². The lowest BCUT2D eigenvalue weighted by Gasteiger charge is -2.17. The van der Waals surface area contributed by atoms with Crippen LogP contribution in [0.25, 0.3) is 17.2 Å². The van der Waals surface area contributed by atoms with Crippen molar-refractivity contribution in [2.45, 2.75) is 34.1 Å². The zero-order chi connectivity index (χ0) is 17.3. The first-order valence-corrected chi connectivity index (χ1v) is 8.48. The first-order chi connectivity index (χ1) is 11.4. The third-order valence-corrected chi connectivity index (χ3v) is 4.68. The molecule has 0 aromatic heterocycles. The number of benzene rings is 2. The number of allylic oxidation sites excluding steroid dienone is 3. The first kappa shape index (κ1) is 16.4. The molecule has 0 atom stereocenters. The molecule has 3 rings (SSSR count). The Labute approximate surface area is 144 Å². The minimum absolute atomic E-state index is 0.285. The number of Topliss-reactive ketones (excluding diaryl/α,β-unsaturated/α-hetero) is 1. The van der Waals surface area contributed by atoms with Crippen LogP contribution in [0.5, 0.6) is 0 Å². The molecule has 0 spiro atoms. The highest BCUT2D eigenvalue weighted by Gasteiger charge is 2.28. The summed E-state index contributed by atoms with van der Waals surface area (Å²) < 4.78 is 0. The Kier molecular flexibility index (Phi) is 4.28. The third-order valence-electron chi connectivity index (χ3n) is 4.68. The number of fused-ring (bicyclic) bond motifs is 1. The molecule has 0 saturated heterocycles. The van der Waals surface area contributed by atoms with Crippen molar-refractivity contribution in [3.8, 4) is 0 Å². The molecule has 0 aliphatic heterocycles. The van der Waals surface area contributed by atoms with Crippen molar-refractivity contribution in [3.05, 3.63) is 76.9 Å². The summed E-state index contributed by atoms with van der Waals surface area (Å²) in [6, 6.07) is 18.8. The van der Waals surface area contributed by atoms with E-state index >= 15 is 0 Å². The van der Waals surface area contributed by atoms with Gasteiger partial charge >= 0.3 is 0 Å². The van der Waals surface area contributed by atoms with E-state index in [0.29, 0.717) is 6.42 Å². The van der Waals surface area contributed by atoms with Crippen molar-refractivity contribution in [2.24, 2.45) is 5.41 Å². The molecule has 0 unspecified atom stereocenters. The summed E-state index contributed by atoms with van der Waals surface area (Å²) in [6.07, 6.45) is 2.72. The molecule has 1 heteroatoms. The van der Waals surface area contributed by atoms with Crippen LogP contribution >= 0.6 is 0 Å². The van der Waals surface area contributed by atoms with Crippen molar-refractivity contribution in [3.63, 3.8) is 0 Å². The van der Waals surface area contributed by atoms with Gasteiger partial charge in [-0.2, -0.15) is 0 Å². The standard InChI is InChI=1S/C23H24O/c1-16-20(14-17-10-6-5-7-11-17)18-12-8-9-13-19(18)21(16)15-22(24)23(2,3)4/h5-14H,15H2,1-4H3. The summed E-state index contributed by atoms with van der Waals surface area (Å²) in [5.74, 6) is 0.285. The fraction of sp³-hybridized carbons (Fsp3) is 0.261. The van der Waals surface area contributed by atoms with Gasteiger partial charge < -0.3 is 0 Å². The fourth-order valence-corrected chi connectivity index (χ4v) is 3.10. The van der Waals surface area contributed by atoms with Gasteiger partial charge in [0.25, 0.3) is 0 Å². The monoisotopic (exact) mass is 316 g/mol. The van der Waals surface area contributed by atoms with E-state index in [1.165, 1.54) is 33.4 Å². The molecule has 2 aromatic rings. The summed E-state index contributed by atoms with van der Waals surface area (Å²) in [6.45, 7) is 8.12. The van der Waals surface area contributed by atoms with Crippen molar-refractivity contribution < 1.29 is 4.79 Å². The van der Waals surface area contributed by atoms with Crippen LogP contribution in [0.3, 0.4) is 0 Å². The largest absolute Gasteiger partial charge is 0.299 e. The lowest BCUT2D eigenvalue weighted by Crippen LogP contribution is -2.20. The van der Waals surface area contributed by atoms with Gasteiger partial charge in [-0.25, -0.2) is 0 Å². The van der Waals surface area contributed by atoms with Gasteiger partial charge in [0.1, 0.15) is 5.78 Å². The summed E-state index contributed by atoms with van der Waals surface area (Å²) in [4.78, 5) is 12.6. The molecular formula is C23H24O. The van der Waals surface area contributed by atoms with Crippen LogP contribution in [0, 0.1) is 5.41 Å². The highest BCUT2D eigenvalue weighted by Crippen LogP contribution is 2.44. The van der Waals surface area contributed by atoms with E-state index in [2.05, 4.69) is 61.5 Å². The second-order valence-corrected chi connectivity index (χ2v) is 7.47. The Hall–Kier alpha value is -2.41. The Balaban J connectivity index is 2.08. The van der Waals surface area contributed by atoms with Crippen molar-refractivity contribution >= 4 is 23.0 Å². The molecule has 1 aliphatic rings. The van der Waals surface area contributed by atoms with Crippen LogP contribution in [-0.4, -0.2) is 5.78 Å². The predicted octanol–water partition coefficient (Wildman–Crippen LogP) is 6.02. The van der Waals surface area contributed by atoms with Crippen molar-refractivity contribution in [2.75, 3.05) is 0 Å². The van der Waals surface area contributed by atoms with Crippen LogP contribution in [0.2, 0.25) is 0 Å². The molecule has 24 heavy (non-hydrogen) atoms. The van der Waals surface area contributed by atoms with Gasteiger partial charge in [0.15, 0.2) is 0 Å². The molecule has 122 valence electrons. The molecule has 0 saturated carbocycles. The van der Waals surface area contributed by atoms with Gasteiger partial charge in [-0.1, -0.05) is 75.4 Å². The molecule has 0 radical (unpaired) electrons. The Morgan fingerprint density at radius 3 is 2.12 bits per heavy atom. The van der Waals surface area contributed by atoms with E-state index in [0.717, 1.165) is 0 Å². The molecule has 1 nitrogen and oxygen atoms in total. The Morgan fingerprint density at radius 1 is 0.917 bits per heavy atom. The summed E-state index contributed by atoms with van der Waals surface area (Å²) >= 11 is 0. The number of hydrogen-bond donors (Lipinski definition) is 0. The van der Waals surface area contributed by atoms with E-state index in [1.807, 2.05) is 26.8 Å². The van der Waals surface area contributed by atoms with Crippen LogP contribution in [-0.2, 0) is 4.79 Å². The van der Waals surface area contributed by atoms with Crippen LogP contribution in [0.1, 0.15) is 50.8 Å². The van der Waals surface area contributed by atoms with E-state index in [1.54, 1.807) is 0 Å². The number of carbonyl (C=O) groups excluding carboxylic acids is 1. The quantitative estimate of drug-likeness (QED) is 0.676. The molecule has 0 bridgehead atoms.